The molecule has 63 heavy (non-hydrogen) atoms. The van der Waals surface area contributed by atoms with Gasteiger partial charge in [0.05, 0.1) is 5.41 Å². The SMILES string of the molecule is c1ccc(-c2cccc(N(c3ccc(-c4cccc5c4oc4ccccc45)cc3)c3cccc(-c4ccc5c(c4)-c4ccccc4C5(c4ccccc4)c4ccccc4)c3)c2)cc1. The zero-order valence-corrected chi connectivity index (χ0v) is 34.5. The van der Waals surface area contributed by atoms with Crippen molar-refractivity contribution in [1.29, 1.82) is 0 Å². The molecule has 0 fully saturated rings. The summed E-state index contributed by atoms with van der Waals surface area (Å²) in [4.78, 5) is 2.37. The van der Waals surface area contributed by atoms with Crippen LogP contribution in [-0.2, 0) is 5.41 Å². The molecule has 1 aliphatic carbocycles. The van der Waals surface area contributed by atoms with Gasteiger partial charge in [0.15, 0.2) is 0 Å². The Hall–Kier alpha value is -8.20. The van der Waals surface area contributed by atoms with E-state index in [-0.39, 0.29) is 0 Å². The van der Waals surface area contributed by atoms with Crippen LogP contribution in [0.15, 0.2) is 253 Å². The number of benzene rings is 10. The molecule has 0 bridgehead atoms. The summed E-state index contributed by atoms with van der Waals surface area (Å²) in [5.41, 5.74) is 19.2. The molecule has 0 saturated heterocycles. The highest BCUT2D eigenvalue weighted by Gasteiger charge is 2.46. The van der Waals surface area contributed by atoms with E-state index >= 15 is 0 Å². The number of nitrogens with zero attached hydrogens (tertiary/aromatic N) is 1. The van der Waals surface area contributed by atoms with Crippen molar-refractivity contribution >= 4 is 39.0 Å². The van der Waals surface area contributed by atoms with Crippen molar-refractivity contribution < 1.29 is 4.42 Å². The van der Waals surface area contributed by atoms with Crippen LogP contribution in [0.2, 0.25) is 0 Å². The molecule has 10 aromatic carbocycles. The van der Waals surface area contributed by atoms with Gasteiger partial charge < -0.3 is 9.32 Å². The molecule has 0 unspecified atom stereocenters. The predicted molar refractivity (Wildman–Crippen MR) is 262 cm³/mol. The molecule has 2 heteroatoms. The van der Waals surface area contributed by atoms with E-state index in [1.807, 2.05) is 12.1 Å². The van der Waals surface area contributed by atoms with Crippen LogP contribution in [0.25, 0.3) is 66.4 Å². The van der Waals surface area contributed by atoms with Crippen LogP contribution in [-0.4, -0.2) is 0 Å². The highest BCUT2D eigenvalue weighted by Crippen LogP contribution is 2.56. The fourth-order valence-corrected chi connectivity index (χ4v) is 10.1. The van der Waals surface area contributed by atoms with E-state index in [1.54, 1.807) is 0 Å². The molecule has 12 rings (SSSR count). The molecule has 2 nitrogen and oxygen atoms in total. The van der Waals surface area contributed by atoms with Gasteiger partial charge in [-0.05, 0) is 110 Å². The molecule has 0 N–H and O–H groups in total. The van der Waals surface area contributed by atoms with Crippen LogP contribution in [0, 0.1) is 0 Å². The van der Waals surface area contributed by atoms with Crippen LogP contribution in [0.4, 0.5) is 17.1 Å². The van der Waals surface area contributed by atoms with Crippen LogP contribution < -0.4 is 4.90 Å². The van der Waals surface area contributed by atoms with Gasteiger partial charge in [-0.2, -0.15) is 0 Å². The van der Waals surface area contributed by atoms with E-state index < -0.39 is 5.41 Å². The molecule has 0 amide bonds. The van der Waals surface area contributed by atoms with Gasteiger partial charge in [0.1, 0.15) is 11.2 Å². The van der Waals surface area contributed by atoms with Crippen molar-refractivity contribution in [2.75, 3.05) is 4.90 Å². The van der Waals surface area contributed by atoms with Crippen molar-refractivity contribution in [1.82, 2.24) is 0 Å². The van der Waals surface area contributed by atoms with Crippen molar-refractivity contribution in [3.8, 4) is 44.5 Å². The lowest BCUT2D eigenvalue weighted by Gasteiger charge is -2.33. The topological polar surface area (TPSA) is 16.4 Å². The van der Waals surface area contributed by atoms with Gasteiger partial charge in [0, 0.05) is 33.4 Å². The number of anilines is 3. The Kier molecular flexibility index (Phi) is 8.76. The molecule has 1 heterocycles. The first-order chi connectivity index (χ1) is 31.2. The first kappa shape index (κ1) is 36.6. The number of para-hydroxylation sites is 2. The first-order valence-corrected chi connectivity index (χ1v) is 21.7. The maximum Gasteiger partial charge on any atom is 0.143 e. The summed E-state index contributed by atoms with van der Waals surface area (Å²) >= 11 is 0. The summed E-state index contributed by atoms with van der Waals surface area (Å²) < 4.78 is 6.46. The van der Waals surface area contributed by atoms with Gasteiger partial charge in [-0.3, -0.25) is 0 Å². The third kappa shape index (κ3) is 6.02. The van der Waals surface area contributed by atoms with E-state index in [0.717, 1.165) is 55.7 Å². The Balaban J connectivity index is 0.989. The third-order valence-corrected chi connectivity index (χ3v) is 12.9. The summed E-state index contributed by atoms with van der Waals surface area (Å²) in [7, 11) is 0. The molecule has 0 aliphatic heterocycles. The van der Waals surface area contributed by atoms with E-state index in [0.29, 0.717) is 0 Å². The van der Waals surface area contributed by atoms with Crippen LogP contribution in [0.3, 0.4) is 0 Å². The molecule has 0 saturated carbocycles. The number of furan rings is 1. The lowest BCUT2D eigenvalue weighted by atomic mass is 9.67. The van der Waals surface area contributed by atoms with Gasteiger partial charge >= 0.3 is 0 Å². The van der Waals surface area contributed by atoms with Crippen molar-refractivity contribution in [2.45, 2.75) is 5.41 Å². The van der Waals surface area contributed by atoms with E-state index in [4.69, 9.17) is 4.42 Å². The van der Waals surface area contributed by atoms with Crippen molar-refractivity contribution in [2.24, 2.45) is 0 Å². The zero-order valence-electron chi connectivity index (χ0n) is 34.5. The maximum atomic E-state index is 6.46. The number of fused-ring (bicyclic) bond motifs is 6. The van der Waals surface area contributed by atoms with Crippen molar-refractivity contribution in [3.05, 3.63) is 271 Å². The predicted octanol–water partition coefficient (Wildman–Crippen LogP) is 16.4. The summed E-state index contributed by atoms with van der Waals surface area (Å²) in [6.45, 7) is 0. The molecule has 0 atom stereocenters. The Morgan fingerprint density at radius 2 is 0.810 bits per heavy atom. The van der Waals surface area contributed by atoms with Crippen LogP contribution >= 0.6 is 0 Å². The van der Waals surface area contributed by atoms with Crippen LogP contribution in [0.1, 0.15) is 22.3 Å². The third-order valence-electron chi connectivity index (χ3n) is 12.9. The summed E-state index contributed by atoms with van der Waals surface area (Å²) in [5, 5.41) is 2.26. The van der Waals surface area contributed by atoms with Gasteiger partial charge in [0.25, 0.3) is 0 Å². The minimum atomic E-state index is -0.433. The quantitative estimate of drug-likeness (QED) is 0.152. The van der Waals surface area contributed by atoms with Crippen LogP contribution in [0.5, 0.6) is 0 Å². The first-order valence-electron chi connectivity index (χ1n) is 21.7. The Bertz CT molecular complexity index is 3400. The Morgan fingerprint density at radius 3 is 1.52 bits per heavy atom. The summed E-state index contributed by atoms with van der Waals surface area (Å²) in [5.74, 6) is 0. The molecule has 1 aliphatic rings. The fraction of sp³-hybridized carbons (Fsp3) is 0.0164. The minimum Gasteiger partial charge on any atom is -0.455 e. The Morgan fingerprint density at radius 1 is 0.302 bits per heavy atom. The minimum absolute atomic E-state index is 0.433. The van der Waals surface area contributed by atoms with Gasteiger partial charge in [-0.15, -0.1) is 0 Å². The highest BCUT2D eigenvalue weighted by molar-refractivity contribution is 6.09. The summed E-state index contributed by atoms with van der Waals surface area (Å²) in [6.07, 6.45) is 0. The summed E-state index contributed by atoms with van der Waals surface area (Å²) in [6, 6.07) is 90.2. The van der Waals surface area contributed by atoms with E-state index in [1.165, 1.54) is 50.1 Å². The molecule has 0 spiro atoms. The molecule has 11 aromatic rings. The Labute approximate surface area is 367 Å². The average molecular weight is 804 g/mol. The largest absolute Gasteiger partial charge is 0.455 e. The van der Waals surface area contributed by atoms with Crippen molar-refractivity contribution in [3.63, 3.8) is 0 Å². The van der Waals surface area contributed by atoms with Gasteiger partial charge in [-0.25, -0.2) is 0 Å². The second-order valence-electron chi connectivity index (χ2n) is 16.4. The fourth-order valence-electron chi connectivity index (χ4n) is 10.1. The molecular formula is C61H41NO. The second kappa shape index (κ2) is 15.1. The maximum absolute atomic E-state index is 6.46. The zero-order chi connectivity index (χ0) is 41.7. The monoisotopic (exact) mass is 803 g/mol. The van der Waals surface area contributed by atoms with E-state index in [2.05, 4.69) is 241 Å². The number of rotatable bonds is 8. The molecular weight excluding hydrogens is 763 g/mol. The molecule has 1 aromatic heterocycles. The standard InChI is InChI=1S/C61H41NO/c1-4-17-42(18-5-1)44-19-14-25-50(39-44)62(49-36-33-43(34-37-49)52-29-16-30-55-54-28-11-13-32-59(54)63-60(52)55)51-26-15-20-45(40-51)46-35-38-58-56(41-46)53-27-10-12-31-57(53)61(58,47-21-6-2-7-22-47)48-23-8-3-9-24-48/h1-41H. The van der Waals surface area contributed by atoms with Gasteiger partial charge in [0.2, 0.25) is 0 Å². The second-order valence-corrected chi connectivity index (χ2v) is 16.4. The van der Waals surface area contributed by atoms with E-state index in [9.17, 15) is 0 Å². The normalized spacial score (nSPS) is 12.6. The smallest absolute Gasteiger partial charge is 0.143 e. The molecule has 296 valence electrons. The number of hydrogen-bond donors (Lipinski definition) is 0. The number of hydrogen-bond acceptors (Lipinski definition) is 2. The molecule has 0 radical (unpaired) electrons. The average Bonchev–Trinajstić information content (AvgIpc) is 3.89. The lowest BCUT2D eigenvalue weighted by molar-refractivity contribution is 0.670. The lowest BCUT2D eigenvalue weighted by Crippen LogP contribution is -2.28. The van der Waals surface area contributed by atoms with Gasteiger partial charge in [-0.1, -0.05) is 200 Å². The highest BCUT2D eigenvalue weighted by atomic mass is 16.3.